The molecular weight excluding hydrogens is 550 g/mol. The van der Waals surface area contributed by atoms with E-state index in [-0.39, 0.29) is 25.0 Å². The summed E-state index contributed by atoms with van der Waals surface area (Å²) in [6, 6.07) is 26.5. The maximum atomic E-state index is 14.1. The van der Waals surface area contributed by atoms with Crippen molar-refractivity contribution in [3.8, 4) is 11.1 Å². The number of alkyl carbamates (subject to hydrolysis) is 1. The van der Waals surface area contributed by atoms with Crippen LogP contribution in [0.5, 0.6) is 0 Å². The number of aliphatic carboxylic acids is 1. The van der Waals surface area contributed by atoms with Crippen molar-refractivity contribution < 1.29 is 24.2 Å². The van der Waals surface area contributed by atoms with Gasteiger partial charge in [-0.25, -0.2) is 4.79 Å². The summed E-state index contributed by atoms with van der Waals surface area (Å²) in [6.45, 7) is 2.74. The Balaban J connectivity index is 1.17. The quantitative estimate of drug-likeness (QED) is 0.419. The summed E-state index contributed by atoms with van der Waals surface area (Å²) in [6.07, 6.45) is 0.219. The fraction of sp³-hybridized carbons (Fsp3) is 0.364. The van der Waals surface area contributed by atoms with Crippen molar-refractivity contribution in [3.63, 3.8) is 0 Å². The van der Waals surface area contributed by atoms with Crippen LogP contribution in [0.4, 0.5) is 4.79 Å². The molecule has 1 unspecified atom stereocenters. The van der Waals surface area contributed by atoms with Crippen LogP contribution in [-0.4, -0.2) is 82.2 Å². The number of benzene rings is 3. The molecule has 2 fully saturated rings. The van der Waals surface area contributed by atoms with E-state index in [2.05, 4.69) is 46.6 Å². The molecule has 3 aromatic carbocycles. The Kier molecular flexibility index (Phi) is 8.22. The van der Waals surface area contributed by atoms with Gasteiger partial charge in [0.15, 0.2) is 0 Å². The normalized spacial score (nSPS) is 19.9. The molecule has 218 valence electrons. The van der Waals surface area contributed by atoms with E-state index in [0.29, 0.717) is 38.2 Å². The lowest BCUT2D eigenvalue weighted by Crippen LogP contribution is -2.65. The van der Waals surface area contributed by atoms with Crippen LogP contribution in [0.25, 0.3) is 11.1 Å². The minimum absolute atomic E-state index is 0.0852. The van der Waals surface area contributed by atoms with E-state index in [0.717, 1.165) is 28.8 Å². The largest absolute Gasteiger partial charge is 0.480 e. The van der Waals surface area contributed by atoms with Gasteiger partial charge in [-0.15, -0.1) is 11.8 Å². The van der Waals surface area contributed by atoms with Crippen LogP contribution in [0.2, 0.25) is 0 Å². The number of piperidine rings is 1. The molecular formula is C33H35N3O5S. The number of carboxylic acid groups (broad SMARTS) is 1. The average molecular weight is 586 g/mol. The van der Waals surface area contributed by atoms with Crippen molar-refractivity contribution in [2.75, 3.05) is 38.5 Å². The molecule has 1 aliphatic carbocycles. The van der Waals surface area contributed by atoms with E-state index < -0.39 is 22.9 Å². The van der Waals surface area contributed by atoms with Crippen LogP contribution in [0, 0.1) is 0 Å². The number of nitrogens with zero attached hydrogens (tertiary/aromatic N) is 2. The molecule has 0 saturated carbocycles. The minimum Gasteiger partial charge on any atom is -0.480 e. The molecule has 3 aliphatic rings. The molecule has 2 N–H and O–H groups in total. The highest BCUT2D eigenvalue weighted by atomic mass is 32.2. The van der Waals surface area contributed by atoms with Gasteiger partial charge >= 0.3 is 12.1 Å². The van der Waals surface area contributed by atoms with Gasteiger partial charge in [-0.05, 0) is 40.7 Å². The van der Waals surface area contributed by atoms with Crippen molar-refractivity contribution in [2.45, 2.75) is 36.1 Å². The summed E-state index contributed by atoms with van der Waals surface area (Å²) in [5.74, 6) is -0.683. The number of amides is 2. The molecule has 6 rings (SSSR count). The molecule has 2 amide bonds. The summed E-state index contributed by atoms with van der Waals surface area (Å²) in [5.41, 5.74) is 4.58. The number of rotatable bonds is 7. The lowest BCUT2D eigenvalue weighted by Gasteiger charge is -2.44. The topological polar surface area (TPSA) is 99.2 Å². The van der Waals surface area contributed by atoms with Crippen LogP contribution in [-0.2, 0) is 20.9 Å². The Labute approximate surface area is 250 Å². The molecule has 2 aliphatic heterocycles. The van der Waals surface area contributed by atoms with Crippen molar-refractivity contribution in [2.24, 2.45) is 0 Å². The molecule has 2 saturated heterocycles. The van der Waals surface area contributed by atoms with Gasteiger partial charge in [-0.1, -0.05) is 78.9 Å². The molecule has 1 atom stereocenters. The zero-order valence-electron chi connectivity index (χ0n) is 23.4. The monoisotopic (exact) mass is 585 g/mol. The van der Waals surface area contributed by atoms with E-state index in [1.165, 1.54) is 17.3 Å². The van der Waals surface area contributed by atoms with E-state index in [1.807, 2.05) is 42.5 Å². The second-order valence-corrected chi connectivity index (χ2v) is 12.6. The summed E-state index contributed by atoms with van der Waals surface area (Å²) in [4.78, 5) is 43.1. The standard InChI is InChI=1S/C33H35N3O5S/c37-30(38)29-21-36(18-19-42-29)31(39)33(14-16-35(17-15-33)20-23-8-2-1-3-9-23)34-32(40)41-22-28-26-12-6-4-10-24(26)25-11-5-7-13-27(25)28/h1-13,28-29H,14-22H2,(H,34,40)(H,37,38). The van der Waals surface area contributed by atoms with Crippen molar-refractivity contribution >= 4 is 29.7 Å². The maximum absolute atomic E-state index is 14.1. The number of carboxylic acids is 1. The number of carbonyl (C=O) groups excluding carboxylic acids is 2. The number of hydrogen-bond acceptors (Lipinski definition) is 6. The summed E-state index contributed by atoms with van der Waals surface area (Å²) >= 11 is 1.35. The SMILES string of the molecule is O=C(NC1(C(=O)N2CCSC(C(=O)O)C2)CCN(Cc2ccccc2)CC1)OCC1c2ccccc2-c2ccccc21. The Morgan fingerprint density at radius 3 is 2.14 bits per heavy atom. The maximum Gasteiger partial charge on any atom is 0.408 e. The van der Waals surface area contributed by atoms with Crippen molar-refractivity contribution in [3.05, 3.63) is 95.6 Å². The summed E-state index contributed by atoms with van der Waals surface area (Å²) in [5, 5.41) is 11.9. The predicted octanol–water partition coefficient (Wildman–Crippen LogP) is 4.59. The molecule has 0 radical (unpaired) electrons. The van der Waals surface area contributed by atoms with Gasteiger partial charge < -0.3 is 20.1 Å². The van der Waals surface area contributed by atoms with Crippen LogP contribution in [0.15, 0.2) is 78.9 Å². The molecule has 0 aromatic heterocycles. The number of likely N-dealkylation sites (tertiary alicyclic amines) is 1. The zero-order chi connectivity index (χ0) is 29.1. The minimum atomic E-state index is -1.15. The lowest BCUT2D eigenvalue weighted by molar-refractivity contribution is -0.142. The van der Waals surface area contributed by atoms with Crippen LogP contribution >= 0.6 is 11.8 Å². The van der Waals surface area contributed by atoms with Crippen molar-refractivity contribution in [1.29, 1.82) is 0 Å². The Morgan fingerprint density at radius 1 is 0.881 bits per heavy atom. The summed E-state index contributed by atoms with van der Waals surface area (Å²) < 4.78 is 5.85. The van der Waals surface area contributed by atoms with Gasteiger partial charge in [-0.2, -0.15) is 0 Å². The van der Waals surface area contributed by atoms with Crippen LogP contribution < -0.4 is 5.32 Å². The third-order valence-electron chi connectivity index (χ3n) is 8.68. The number of ether oxygens (including phenoxy) is 1. The molecule has 8 nitrogen and oxygen atoms in total. The number of thioether (sulfide) groups is 1. The number of hydrogen-bond donors (Lipinski definition) is 2. The smallest absolute Gasteiger partial charge is 0.408 e. The highest BCUT2D eigenvalue weighted by Crippen LogP contribution is 2.44. The first-order valence-electron chi connectivity index (χ1n) is 14.5. The number of nitrogens with one attached hydrogen (secondary N) is 1. The summed E-state index contributed by atoms with van der Waals surface area (Å²) in [7, 11) is 0. The van der Waals surface area contributed by atoms with Gasteiger partial charge in [0.25, 0.3) is 0 Å². The highest BCUT2D eigenvalue weighted by Gasteiger charge is 2.47. The van der Waals surface area contributed by atoms with E-state index in [1.54, 1.807) is 4.90 Å². The van der Waals surface area contributed by atoms with E-state index in [4.69, 9.17) is 4.74 Å². The first kappa shape index (κ1) is 28.3. The fourth-order valence-electron chi connectivity index (χ4n) is 6.44. The third kappa shape index (κ3) is 5.76. The average Bonchev–Trinajstić information content (AvgIpc) is 3.35. The fourth-order valence-corrected chi connectivity index (χ4v) is 7.48. The highest BCUT2D eigenvalue weighted by molar-refractivity contribution is 8.00. The van der Waals surface area contributed by atoms with Gasteiger partial charge in [0.1, 0.15) is 17.4 Å². The molecule has 42 heavy (non-hydrogen) atoms. The zero-order valence-corrected chi connectivity index (χ0v) is 24.2. The van der Waals surface area contributed by atoms with Crippen LogP contribution in [0.1, 0.15) is 35.4 Å². The van der Waals surface area contributed by atoms with Gasteiger partial charge in [0, 0.05) is 44.4 Å². The van der Waals surface area contributed by atoms with E-state index in [9.17, 15) is 19.5 Å². The van der Waals surface area contributed by atoms with E-state index >= 15 is 0 Å². The Hall–Kier alpha value is -3.82. The first-order valence-corrected chi connectivity index (χ1v) is 15.5. The second-order valence-electron chi connectivity index (χ2n) is 11.2. The van der Waals surface area contributed by atoms with Gasteiger partial charge in [0.05, 0.1) is 0 Å². The molecule has 3 aromatic rings. The lowest BCUT2D eigenvalue weighted by atomic mass is 9.85. The molecule has 9 heteroatoms. The van der Waals surface area contributed by atoms with Gasteiger partial charge in [0.2, 0.25) is 5.91 Å². The number of fused-ring (bicyclic) bond motifs is 3. The van der Waals surface area contributed by atoms with Crippen LogP contribution in [0.3, 0.4) is 0 Å². The predicted molar refractivity (Wildman–Crippen MR) is 162 cm³/mol. The molecule has 0 bridgehead atoms. The Morgan fingerprint density at radius 2 is 1.50 bits per heavy atom. The first-order chi connectivity index (χ1) is 20.4. The Bertz CT molecular complexity index is 1410. The molecule has 2 heterocycles. The second kappa shape index (κ2) is 12.2. The number of carbonyl (C=O) groups is 3. The third-order valence-corrected chi connectivity index (χ3v) is 9.85. The van der Waals surface area contributed by atoms with Crippen molar-refractivity contribution in [1.82, 2.24) is 15.1 Å². The van der Waals surface area contributed by atoms with Gasteiger partial charge in [-0.3, -0.25) is 14.5 Å². The molecule has 0 spiro atoms.